The first-order valence-corrected chi connectivity index (χ1v) is 6.12. The van der Waals surface area contributed by atoms with E-state index in [1.807, 2.05) is 13.8 Å². The summed E-state index contributed by atoms with van der Waals surface area (Å²) in [5, 5.41) is 5.42. The highest BCUT2D eigenvalue weighted by Gasteiger charge is 2.25. The summed E-state index contributed by atoms with van der Waals surface area (Å²) < 4.78 is 0. The van der Waals surface area contributed by atoms with Crippen molar-refractivity contribution in [3.05, 3.63) is 0 Å². The van der Waals surface area contributed by atoms with Crippen LogP contribution in [0.5, 0.6) is 0 Å². The van der Waals surface area contributed by atoms with Gasteiger partial charge in [-0.05, 0) is 32.6 Å². The normalized spacial score (nSPS) is 25.2. The van der Waals surface area contributed by atoms with Crippen molar-refractivity contribution >= 4 is 11.8 Å². The molecule has 1 saturated carbocycles. The maximum absolute atomic E-state index is 11.6. The Morgan fingerprint density at radius 2 is 1.75 bits per heavy atom. The van der Waals surface area contributed by atoms with E-state index in [2.05, 4.69) is 17.6 Å². The van der Waals surface area contributed by atoms with Crippen LogP contribution in [-0.2, 0) is 9.59 Å². The lowest BCUT2D eigenvalue weighted by molar-refractivity contribution is -0.140. The van der Waals surface area contributed by atoms with Crippen molar-refractivity contribution in [3.8, 4) is 0 Å². The summed E-state index contributed by atoms with van der Waals surface area (Å²) in [5.41, 5.74) is 0. The summed E-state index contributed by atoms with van der Waals surface area (Å²) in [7, 11) is 0. The Labute approximate surface area is 97.2 Å². The van der Waals surface area contributed by atoms with Crippen LogP contribution >= 0.6 is 0 Å². The van der Waals surface area contributed by atoms with Gasteiger partial charge in [-0.2, -0.15) is 0 Å². The molecule has 0 heterocycles. The van der Waals surface area contributed by atoms with Gasteiger partial charge in [0.05, 0.1) is 0 Å². The van der Waals surface area contributed by atoms with Gasteiger partial charge in [-0.3, -0.25) is 9.59 Å². The molecule has 0 bridgehead atoms. The number of rotatable bonds is 2. The molecule has 0 aromatic rings. The second-order valence-corrected chi connectivity index (χ2v) is 4.97. The van der Waals surface area contributed by atoms with E-state index in [0.717, 1.165) is 19.3 Å². The molecule has 1 rings (SSSR count). The van der Waals surface area contributed by atoms with E-state index in [4.69, 9.17) is 0 Å². The first-order valence-electron chi connectivity index (χ1n) is 6.12. The Morgan fingerprint density at radius 1 is 1.12 bits per heavy atom. The van der Waals surface area contributed by atoms with Gasteiger partial charge in [-0.15, -0.1) is 0 Å². The number of hydrogen-bond acceptors (Lipinski definition) is 2. The number of carbonyl (C=O) groups is 2. The molecule has 16 heavy (non-hydrogen) atoms. The van der Waals surface area contributed by atoms with Crippen LogP contribution in [0, 0.1) is 5.92 Å². The standard InChI is InChI=1S/C12H22N2O2/c1-8(2)13-11(15)12(16)14-10-7-5-4-6-9(10)3/h8-10H,4-7H2,1-3H3,(H,13,15)(H,14,16)/t9-,10-/m0/s1. The van der Waals surface area contributed by atoms with E-state index in [-0.39, 0.29) is 12.1 Å². The number of amides is 2. The zero-order valence-corrected chi connectivity index (χ0v) is 10.4. The first kappa shape index (κ1) is 13.0. The summed E-state index contributed by atoms with van der Waals surface area (Å²) in [6.07, 6.45) is 4.49. The SMILES string of the molecule is CC(C)NC(=O)C(=O)N[C@H]1CCCC[C@@H]1C. The zero-order valence-electron chi connectivity index (χ0n) is 10.4. The molecule has 2 N–H and O–H groups in total. The van der Waals surface area contributed by atoms with Crippen LogP contribution < -0.4 is 10.6 Å². The summed E-state index contributed by atoms with van der Waals surface area (Å²) in [6, 6.07) is 0.168. The third kappa shape index (κ3) is 3.83. The second kappa shape index (κ2) is 5.87. The zero-order chi connectivity index (χ0) is 12.1. The fourth-order valence-electron chi connectivity index (χ4n) is 2.09. The minimum atomic E-state index is -0.521. The van der Waals surface area contributed by atoms with Crippen LogP contribution in [-0.4, -0.2) is 23.9 Å². The van der Waals surface area contributed by atoms with Crippen LogP contribution in [0.3, 0.4) is 0 Å². The van der Waals surface area contributed by atoms with Gasteiger partial charge in [0, 0.05) is 12.1 Å². The van der Waals surface area contributed by atoms with Crippen molar-refractivity contribution in [1.29, 1.82) is 0 Å². The Balaban J connectivity index is 2.40. The number of nitrogens with one attached hydrogen (secondary N) is 2. The van der Waals surface area contributed by atoms with Crippen LogP contribution in [0.1, 0.15) is 46.5 Å². The lowest BCUT2D eigenvalue weighted by Crippen LogP contribution is -2.49. The highest BCUT2D eigenvalue weighted by atomic mass is 16.2. The summed E-state index contributed by atoms with van der Waals surface area (Å²) >= 11 is 0. The van der Waals surface area contributed by atoms with Gasteiger partial charge < -0.3 is 10.6 Å². The molecule has 1 fully saturated rings. The van der Waals surface area contributed by atoms with E-state index < -0.39 is 11.8 Å². The Bertz CT molecular complexity index is 264. The fraction of sp³-hybridized carbons (Fsp3) is 0.833. The summed E-state index contributed by atoms with van der Waals surface area (Å²) in [4.78, 5) is 23.0. The maximum atomic E-state index is 11.6. The van der Waals surface area contributed by atoms with Crippen LogP contribution in [0.15, 0.2) is 0 Å². The molecule has 2 atom stereocenters. The molecule has 0 aromatic carbocycles. The first-order chi connectivity index (χ1) is 7.50. The third-order valence-corrected chi connectivity index (χ3v) is 3.05. The number of hydrogen-bond donors (Lipinski definition) is 2. The predicted octanol–water partition coefficient (Wildman–Crippen LogP) is 1.21. The quantitative estimate of drug-likeness (QED) is 0.695. The van der Waals surface area contributed by atoms with Gasteiger partial charge in [-0.1, -0.05) is 19.8 Å². The predicted molar refractivity (Wildman–Crippen MR) is 62.8 cm³/mol. The third-order valence-electron chi connectivity index (χ3n) is 3.05. The minimum Gasteiger partial charge on any atom is -0.346 e. The van der Waals surface area contributed by atoms with Gasteiger partial charge in [0.25, 0.3) is 0 Å². The van der Waals surface area contributed by atoms with E-state index in [1.165, 1.54) is 6.42 Å². The molecule has 0 radical (unpaired) electrons. The van der Waals surface area contributed by atoms with E-state index in [1.54, 1.807) is 0 Å². The molecular weight excluding hydrogens is 204 g/mol. The highest BCUT2D eigenvalue weighted by Crippen LogP contribution is 2.23. The van der Waals surface area contributed by atoms with Gasteiger partial charge in [0.15, 0.2) is 0 Å². The lowest BCUT2D eigenvalue weighted by atomic mass is 9.86. The average Bonchev–Trinajstić information content (AvgIpc) is 2.20. The summed E-state index contributed by atoms with van der Waals surface area (Å²) in [5.74, 6) is -0.537. The molecule has 0 aromatic heterocycles. The second-order valence-electron chi connectivity index (χ2n) is 4.97. The molecular formula is C12H22N2O2. The molecule has 4 heteroatoms. The molecule has 0 unspecified atom stereocenters. The summed E-state index contributed by atoms with van der Waals surface area (Å²) in [6.45, 7) is 5.81. The smallest absolute Gasteiger partial charge is 0.309 e. The van der Waals surface area contributed by atoms with E-state index >= 15 is 0 Å². The Morgan fingerprint density at radius 3 is 2.31 bits per heavy atom. The van der Waals surface area contributed by atoms with Crippen molar-refractivity contribution in [2.24, 2.45) is 5.92 Å². The van der Waals surface area contributed by atoms with Crippen LogP contribution in [0.4, 0.5) is 0 Å². The molecule has 0 spiro atoms. The molecule has 2 amide bonds. The van der Waals surface area contributed by atoms with Gasteiger partial charge in [0.2, 0.25) is 0 Å². The molecule has 0 saturated heterocycles. The van der Waals surface area contributed by atoms with Gasteiger partial charge >= 0.3 is 11.8 Å². The number of carbonyl (C=O) groups excluding carboxylic acids is 2. The highest BCUT2D eigenvalue weighted by molar-refractivity contribution is 6.35. The minimum absolute atomic E-state index is 0.00188. The van der Waals surface area contributed by atoms with Crippen molar-refractivity contribution in [3.63, 3.8) is 0 Å². The Kier molecular flexibility index (Phi) is 4.77. The van der Waals surface area contributed by atoms with Crippen molar-refractivity contribution < 1.29 is 9.59 Å². The fourth-order valence-corrected chi connectivity index (χ4v) is 2.09. The van der Waals surface area contributed by atoms with Gasteiger partial charge in [0.1, 0.15) is 0 Å². The molecule has 1 aliphatic rings. The van der Waals surface area contributed by atoms with Crippen molar-refractivity contribution in [2.75, 3.05) is 0 Å². The van der Waals surface area contributed by atoms with E-state index in [9.17, 15) is 9.59 Å². The molecule has 0 aliphatic heterocycles. The van der Waals surface area contributed by atoms with Crippen molar-refractivity contribution in [2.45, 2.75) is 58.5 Å². The van der Waals surface area contributed by atoms with Gasteiger partial charge in [-0.25, -0.2) is 0 Å². The largest absolute Gasteiger partial charge is 0.346 e. The van der Waals surface area contributed by atoms with Crippen molar-refractivity contribution in [1.82, 2.24) is 10.6 Å². The lowest BCUT2D eigenvalue weighted by Gasteiger charge is -2.29. The Hall–Kier alpha value is -1.06. The molecule has 1 aliphatic carbocycles. The van der Waals surface area contributed by atoms with Crippen LogP contribution in [0.25, 0.3) is 0 Å². The molecule has 92 valence electrons. The molecule has 4 nitrogen and oxygen atoms in total. The van der Waals surface area contributed by atoms with E-state index in [0.29, 0.717) is 5.92 Å². The maximum Gasteiger partial charge on any atom is 0.309 e. The topological polar surface area (TPSA) is 58.2 Å². The average molecular weight is 226 g/mol. The monoisotopic (exact) mass is 226 g/mol. The van der Waals surface area contributed by atoms with Crippen LogP contribution in [0.2, 0.25) is 0 Å².